The molecule has 2 heterocycles. The molecule has 0 bridgehead atoms. The first kappa shape index (κ1) is 13.8. The Morgan fingerprint density at radius 3 is 2.81 bits per heavy atom. The molecule has 0 unspecified atom stereocenters. The monoisotopic (exact) mass is 301 g/mol. The van der Waals surface area contributed by atoms with E-state index in [1.54, 1.807) is 24.4 Å². The minimum Gasteiger partial charge on any atom is -0.346 e. The first-order valence-electron chi connectivity index (χ1n) is 6.49. The summed E-state index contributed by atoms with van der Waals surface area (Å²) in [5.41, 5.74) is 3.66. The number of benzene rings is 1. The van der Waals surface area contributed by atoms with Crippen LogP contribution in [0.5, 0.6) is 0 Å². The van der Waals surface area contributed by atoms with Crippen molar-refractivity contribution in [3.05, 3.63) is 48.3 Å². The highest BCUT2D eigenvalue weighted by atomic mass is 32.2. The largest absolute Gasteiger partial charge is 0.346 e. The van der Waals surface area contributed by atoms with Crippen LogP contribution in [0.3, 0.4) is 0 Å². The molecule has 0 aliphatic heterocycles. The molecular weight excluding hydrogens is 286 g/mol. The maximum Gasteiger partial charge on any atom is 0.240 e. The van der Waals surface area contributed by atoms with E-state index in [1.165, 1.54) is 7.05 Å². The average molecular weight is 301 g/mol. The molecule has 5 nitrogen and oxygen atoms in total. The van der Waals surface area contributed by atoms with Gasteiger partial charge in [0.2, 0.25) is 10.0 Å². The van der Waals surface area contributed by atoms with Crippen molar-refractivity contribution in [3.63, 3.8) is 0 Å². The van der Waals surface area contributed by atoms with Crippen LogP contribution in [-0.4, -0.2) is 25.4 Å². The molecule has 0 amide bonds. The van der Waals surface area contributed by atoms with Gasteiger partial charge in [-0.2, -0.15) is 0 Å². The van der Waals surface area contributed by atoms with Gasteiger partial charge in [-0.15, -0.1) is 0 Å². The number of pyridine rings is 1. The molecule has 0 aliphatic rings. The van der Waals surface area contributed by atoms with E-state index >= 15 is 0 Å². The number of rotatable bonds is 3. The van der Waals surface area contributed by atoms with Crippen LogP contribution in [-0.2, 0) is 10.0 Å². The van der Waals surface area contributed by atoms with Crippen molar-refractivity contribution in [1.29, 1.82) is 0 Å². The summed E-state index contributed by atoms with van der Waals surface area (Å²) < 4.78 is 26.1. The van der Waals surface area contributed by atoms with E-state index in [0.717, 1.165) is 27.7 Å². The fourth-order valence-corrected chi connectivity index (χ4v) is 3.16. The molecule has 3 aromatic rings. The Hall–Kier alpha value is -2.18. The summed E-state index contributed by atoms with van der Waals surface area (Å²) in [6, 6.07) is 8.83. The lowest BCUT2D eigenvalue weighted by Gasteiger charge is -2.09. The van der Waals surface area contributed by atoms with Gasteiger partial charge in [0.15, 0.2) is 0 Å². The second-order valence-corrected chi connectivity index (χ2v) is 6.66. The Morgan fingerprint density at radius 2 is 2.05 bits per heavy atom. The van der Waals surface area contributed by atoms with Crippen molar-refractivity contribution in [2.24, 2.45) is 0 Å². The smallest absolute Gasteiger partial charge is 0.240 e. The molecule has 0 aliphatic carbocycles. The molecule has 3 rings (SSSR count). The number of hydrogen-bond acceptors (Lipinski definition) is 3. The molecule has 21 heavy (non-hydrogen) atoms. The molecule has 0 atom stereocenters. The van der Waals surface area contributed by atoms with Crippen LogP contribution in [0.25, 0.3) is 22.2 Å². The molecule has 2 N–H and O–H groups in total. The van der Waals surface area contributed by atoms with Crippen LogP contribution >= 0.6 is 0 Å². The predicted molar refractivity (Wildman–Crippen MR) is 82.5 cm³/mol. The zero-order valence-electron chi connectivity index (χ0n) is 11.7. The van der Waals surface area contributed by atoms with Crippen LogP contribution in [0.1, 0.15) is 5.56 Å². The molecule has 0 fully saturated rings. The number of hydrogen-bond donors (Lipinski definition) is 2. The van der Waals surface area contributed by atoms with Crippen molar-refractivity contribution in [1.82, 2.24) is 14.7 Å². The Bertz CT molecular complexity index is 914. The molecule has 0 saturated carbocycles. The fraction of sp³-hybridized carbons (Fsp3) is 0.133. The van der Waals surface area contributed by atoms with Gasteiger partial charge in [-0.25, -0.2) is 18.1 Å². The third-order valence-corrected chi connectivity index (χ3v) is 4.99. The lowest BCUT2D eigenvalue weighted by atomic mass is 10.0. The third-order valence-electron chi connectivity index (χ3n) is 3.58. The summed E-state index contributed by atoms with van der Waals surface area (Å²) in [5.74, 6) is 0. The lowest BCUT2D eigenvalue weighted by molar-refractivity contribution is 0.588. The van der Waals surface area contributed by atoms with E-state index in [0.29, 0.717) is 0 Å². The van der Waals surface area contributed by atoms with E-state index in [9.17, 15) is 8.42 Å². The van der Waals surface area contributed by atoms with Gasteiger partial charge < -0.3 is 4.98 Å². The Balaban J connectivity index is 2.19. The van der Waals surface area contributed by atoms with Crippen LogP contribution in [0, 0.1) is 6.92 Å². The van der Waals surface area contributed by atoms with Crippen molar-refractivity contribution in [3.8, 4) is 11.1 Å². The highest BCUT2D eigenvalue weighted by molar-refractivity contribution is 7.89. The molecule has 0 saturated heterocycles. The summed E-state index contributed by atoms with van der Waals surface area (Å²) in [6.45, 7) is 2.01. The molecule has 108 valence electrons. The second kappa shape index (κ2) is 4.98. The van der Waals surface area contributed by atoms with Gasteiger partial charge in [-0.05, 0) is 43.3 Å². The molecular formula is C15H15N3O2S. The number of sulfonamides is 1. The van der Waals surface area contributed by atoms with E-state index < -0.39 is 10.0 Å². The number of nitrogens with one attached hydrogen (secondary N) is 2. The fourth-order valence-electron chi connectivity index (χ4n) is 2.38. The van der Waals surface area contributed by atoms with E-state index in [1.807, 2.05) is 25.3 Å². The highest BCUT2D eigenvalue weighted by Crippen LogP contribution is 2.29. The van der Waals surface area contributed by atoms with Gasteiger partial charge in [-0.1, -0.05) is 12.1 Å². The standard InChI is InChI=1S/C15H15N3O2S/c1-10-13-6-7-17-15(13)18-9-14(10)11-4-3-5-12(8-11)21(19,20)16-2/h3-9,16H,1-2H3,(H,17,18). The second-order valence-electron chi connectivity index (χ2n) is 4.77. The summed E-state index contributed by atoms with van der Waals surface area (Å²) >= 11 is 0. The van der Waals surface area contributed by atoms with E-state index in [-0.39, 0.29) is 4.90 Å². The van der Waals surface area contributed by atoms with Gasteiger partial charge >= 0.3 is 0 Å². The zero-order valence-corrected chi connectivity index (χ0v) is 12.5. The molecule has 0 spiro atoms. The number of nitrogens with zero attached hydrogens (tertiary/aromatic N) is 1. The third kappa shape index (κ3) is 2.32. The van der Waals surface area contributed by atoms with Crippen molar-refractivity contribution in [2.45, 2.75) is 11.8 Å². The predicted octanol–water partition coefficient (Wildman–Crippen LogP) is 2.45. The SMILES string of the molecule is CNS(=O)(=O)c1cccc(-c2cnc3[nH]ccc3c2C)c1. The Kier molecular flexibility index (Phi) is 3.27. The number of aromatic amines is 1. The van der Waals surface area contributed by atoms with E-state index in [4.69, 9.17) is 0 Å². The summed E-state index contributed by atoms with van der Waals surface area (Å²) in [7, 11) is -2.05. The number of aryl methyl sites for hydroxylation is 1. The molecule has 1 aromatic carbocycles. The molecule has 0 radical (unpaired) electrons. The van der Waals surface area contributed by atoms with Crippen LogP contribution < -0.4 is 4.72 Å². The first-order valence-corrected chi connectivity index (χ1v) is 7.98. The molecule has 2 aromatic heterocycles. The quantitative estimate of drug-likeness (QED) is 0.780. The van der Waals surface area contributed by atoms with E-state index in [2.05, 4.69) is 14.7 Å². The van der Waals surface area contributed by atoms with Crippen molar-refractivity contribution in [2.75, 3.05) is 7.05 Å². The minimum atomic E-state index is -3.45. The topological polar surface area (TPSA) is 74.8 Å². The number of aromatic nitrogens is 2. The normalized spacial score (nSPS) is 11.9. The van der Waals surface area contributed by atoms with Crippen molar-refractivity contribution < 1.29 is 8.42 Å². The lowest BCUT2D eigenvalue weighted by Crippen LogP contribution is -2.18. The van der Waals surface area contributed by atoms with Crippen LogP contribution in [0.15, 0.2) is 47.6 Å². The average Bonchev–Trinajstić information content (AvgIpc) is 2.97. The number of H-pyrrole nitrogens is 1. The maximum absolute atomic E-state index is 11.9. The first-order chi connectivity index (χ1) is 10.0. The van der Waals surface area contributed by atoms with Crippen LogP contribution in [0.4, 0.5) is 0 Å². The van der Waals surface area contributed by atoms with Gasteiger partial charge in [0.25, 0.3) is 0 Å². The summed E-state index contributed by atoms with van der Waals surface area (Å²) in [5, 5.41) is 1.04. The van der Waals surface area contributed by atoms with Crippen molar-refractivity contribution >= 4 is 21.1 Å². The van der Waals surface area contributed by atoms with Gasteiger partial charge in [0.05, 0.1) is 4.90 Å². The maximum atomic E-state index is 11.9. The summed E-state index contributed by atoms with van der Waals surface area (Å²) in [6.07, 6.45) is 3.61. The zero-order chi connectivity index (χ0) is 15.0. The van der Waals surface area contributed by atoms with Crippen LogP contribution in [0.2, 0.25) is 0 Å². The molecule has 6 heteroatoms. The van der Waals surface area contributed by atoms with Gasteiger partial charge in [0.1, 0.15) is 5.65 Å². The summed E-state index contributed by atoms with van der Waals surface area (Å²) in [4.78, 5) is 7.68. The Labute approximate surface area is 123 Å². The minimum absolute atomic E-state index is 0.246. The Morgan fingerprint density at radius 1 is 1.24 bits per heavy atom. The highest BCUT2D eigenvalue weighted by Gasteiger charge is 2.13. The number of fused-ring (bicyclic) bond motifs is 1. The van der Waals surface area contributed by atoms with Gasteiger partial charge in [-0.3, -0.25) is 0 Å². The van der Waals surface area contributed by atoms with Gasteiger partial charge in [0, 0.05) is 23.3 Å².